The van der Waals surface area contributed by atoms with Crippen molar-refractivity contribution in [3.05, 3.63) is 78.2 Å². The van der Waals surface area contributed by atoms with Crippen molar-refractivity contribution in [1.29, 1.82) is 0 Å². The second-order valence-electron chi connectivity index (χ2n) is 6.92. The SMILES string of the molecule is Cc1cccc(Cn2ccc(-c3cccc(-c4ccc(N(C)C)nn4)c3)n2)n1. The van der Waals surface area contributed by atoms with Crippen molar-refractivity contribution >= 4 is 5.82 Å². The molecule has 1 aromatic carbocycles. The van der Waals surface area contributed by atoms with Crippen molar-refractivity contribution in [3.63, 3.8) is 0 Å². The maximum absolute atomic E-state index is 4.71. The van der Waals surface area contributed by atoms with Crippen LogP contribution in [0.2, 0.25) is 0 Å². The maximum Gasteiger partial charge on any atom is 0.150 e. The largest absolute Gasteiger partial charge is 0.361 e. The van der Waals surface area contributed by atoms with Gasteiger partial charge in [-0.1, -0.05) is 24.3 Å². The van der Waals surface area contributed by atoms with Crippen molar-refractivity contribution in [3.8, 4) is 22.5 Å². The molecule has 0 aliphatic carbocycles. The van der Waals surface area contributed by atoms with E-state index in [1.165, 1.54) is 0 Å². The third-order valence-corrected chi connectivity index (χ3v) is 4.47. The summed E-state index contributed by atoms with van der Waals surface area (Å²) in [5.41, 5.74) is 5.85. The number of pyridine rings is 1. The Hall–Kier alpha value is -3.54. The molecule has 3 heterocycles. The van der Waals surface area contributed by atoms with Crippen molar-refractivity contribution in [2.24, 2.45) is 0 Å². The summed E-state index contributed by atoms with van der Waals surface area (Å²) in [5, 5.41) is 13.3. The van der Waals surface area contributed by atoms with Gasteiger partial charge in [-0.25, -0.2) is 0 Å². The Morgan fingerprint density at radius 1 is 0.857 bits per heavy atom. The lowest BCUT2D eigenvalue weighted by Gasteiger charge is -2.10. The second kappa shape index (κ2) is 7.60. The van der Waals surface area contributed by atoms with Gasteiger partial charge in [-0.15, -0.1) is 10.2 Å². The van der Waals surface area contributed by atoms with Crippen LogP contribution in [0.1, 0.15) is 11.4 Å². The topological polar surface area (TPSA) is 59.7 Å². The van der Waals surface area contributed by atoms with Gasteiger partial charge in [0.1, 0.15) is 0 Å². The van der Waals surface area contributed by atoms with Crippen LogP contribution in [0.5, 0.6) is 0 Å². The van der Waals surface area contributed by atoms with Gasteiger partial charge in [0, 0.05) is 37.1 Å². The Morgan fingerprint density at radius 2 is 1.64 bits per heavy atom. The molecule has 0 aliphatic heterocycles. The number of aryl methyl sites for hydroxylation is 1. The fourth-order valence-corrected chi connectivity index (χ4v) is 3.01. The zero-order valence-electron chi connectivity index (χ0n) is 16.2. The van der Waals surface area contributed by atoms with E-state index in [1.807, 2.05) is 85.3 Å². The van der Waals surface area contributed by atoms with Crippen molar-refractivity contribution in [1.82, 2.24) is 25.0 Å². The number of aromatic nitrogens is 5. The first kappa shape index (κ1) is 17.9. The zero-order chi connectivity index (χ0) is 19.5. The lowest BCUT2D eigenvalue weighted by atomic mass is 10.1. The van der Waals surface area contributed by atoms with Crippen LogP contribution in [0.4, 0.5) is 5.82 Å². The first-order valence-corrected chi connectivity index (χ1v) is 9.16. The highest BCUT2D eigenvalue weighted by Gasteiger charge is 2.07. The lowest BCUT2D eigenvalue weighted by molar-refractivity contribution is 0.673. The Balaban J connectivity index is 1.57. The average Bonchev–Trinajstić information content (AvgIpc) is 3.17. The smallest absolute Gasteiger partial charge is 0.150 e. The van der Waals surface area contributed by atoms with Gasteiger partial charge in [0.2, 0.25) is 0 Å². The summed E-state index contributed by atoms with van der Waals surface area (Å²) in [6.45, 7) is 2.65. The van der Waals surface area contributed by atoms with Gasteiger partial charge >= 0.3 is 0 Å². The molecular formula is C22H22N6. The van der Waals surface area contributed by atoms with Gasteiger partial charge in [-0.05, 0) is 43.3 Å². The molecule has 0 unspecified atom stereocenters. The molecule has 0 radical (unpaired) electrons. The Bertz CT molecular complexity index is 1080. The summed E-state index contributed by atoms with van der Waals surface area (Å²) in [7, 11) is 3.90. The summed E-state index contributed by atoms with van der Waals surface area (Å²) in [4.78, 5) is 6.48. The van der Waals surface area contributed by atoms with E-state index in [-0.39, 0.29) is 0 Å². The van der Waals surface area contributed by atoms with Crippen LogP contribution in [0.3, 0.4) is 0 Å². The minimum Gasteiger partial charge on any atom is -0.361 e. The van der Waals surface area contributed by atoms with Crippen LogP contribution >= 0.6 is 0 Å². The van der Waals surface area contributed by atoms with E-state index >= 15 is 0 Å². The van der Waals surface area contributed by atoms with Gasteiger partial charge in [0.05, 0.1) is 23.6 Å². The van der Waals surface area contributed by atoms with Gasteiger partial charge in [-0.2, -0.15) is 5.10 Å². The Kier molecular flexibility index (Phi) is 4.85. The summed E-state index contributed by atoms with van der Waals surface area (Å²) in [6.07, 6.45) is 1.98. The van der Waals surface area contributed by atoms with Crippen molar-refractivity contribution in [2.45, 2.75) is 13.5 Å². The Labute approximate surface area is 164 Å². The van der Waals surface area contributed by atoms with Gasteiger partial charge < -0.3 is 4.90 Å². The molecule has 28 heavy (non-hydrogen) atoms. The molecule has 4 rings (SSSR count). The maximum atomic E-state index is 4.71. The van der Waals surface area contributed by atoms with Crippen molar-refractivity contribution < 1.29 is 0 Å². The first-order chi connectivity index (χ1) is 13.6. The average molecular weight is 370 g/mol. The first-order valence-electron chi connectivity index (χ1n) is 9.16. The normalized spacial score (nSPS) is 10.8. The van der Waals surface area contributed by atoms with Gasteiger partial charge in [-0.3, -0.25) is 9.67 Å². The molecule has 6 heteroatoms. The summed E-state index contributed by atoms with van der Waals surface area (Å²) in [5.74, 6) is 0.836. The van der Waals surface area contributed by atoms with E-state index in [0.29, 0.717) is 6.54 Å². The molecule has 0 bridgehead atoms. The predicted molar refractivity (Wildman–Crippen MR) is 111 cm³/mol. The van der Waals surface area contributed by atoms with Crippen LogP contribution in [0, 0.1) is 6.92 Å². The lowest BCUT2D eigenvalue weighted by Crippen LogP contribution is -2.11. The highest BCUT2D eigenvalue weighted by molar-refractivity contribution is 5.69. The fourth-order valence-electron chi connectivity index (χ4n) is 3.01. The molecule has 6 nitrogen and oxygen atoms in total. The molecule has 0 saturated carbocycles. The van der Waals surface area contributed by atoms with Crippen molar-refractivity contribution in [2.75, 3.05) is 19.0 Å². The van der Waals surface area contributed by atoms with Crippen LogP contribution in [0.15, 0.2) is 66.9 Å². The van der Waals surface area contributed by atoms with Crippen LogP contribution in [-0.2, 0) is 6.54 Å². The van der Waals surface area contributed by atoms with E-state index in [1.54, 1.807) is 0 Å². The van der Waals surface area contributed by atoms with E-state index < -0.39 is 0 Å². The summed E-state index contributed by atoms with van der Waals surface area (Å²) >= 11 is 0. The molecule has 3 aromatic heterocycles. The Morgan fingerprint density at radius 3 is 2.36 bits per heavy atom. The standard InChI is InChI=1S/C22H22N6/c1-16-6-4-9-19(23-16)15-28-13-12-21(26-28)18-8-5-7-17(14-18)20-10-11-22(25-24-20)27(2)3/h4-14H,15H2,1-3H3. The molecule has 0 fully saturated rings. The quantitative estimate of drug-likeness (QED) is 0.534. The molecule has 0 saturated heterocycles. The third kappa shape index (κ3) is 3.91. The monoisotopic (exact) mass is 370 g/mol. The number of rotatable bonds is 5. The van der Waals surface area contributed by atoms with Crippen LogP contribution in [0.25, 0.3) is 22.5 Å². The minimum atomic E-state index is 0.652. The number of benzene rings is 1. The van der Waals surface area contributed by atoms with E-state index in [4.69, 9.17) is 5.10 Å². The van der Waals surface area contributed by atoms with Crippen LogP contribution < -0.4 is 4.90 Å². The zero-order valence-corrected chi connectivity index (χ0v) is 16.2. The number of anilines is 1. The third-order valence-electron chi connectivity index (χ3n) is 4.47. The molecule has 0 amide bonds. The number of nitrogens with zero attached hydrogens (tertiary/aromatic N) is 6. The molecule has 0 aliphatic rings. The predicted octanol–water partition coefficient (Wildman–Crippen LogP) is 3.82. The highest BCUT2D eigenvalue weighted by atomic mass is 15.3. The molecular weight excluding hydrogens is 348 g/mol. The summed E-state index contributed by atoms with van der Waals surface area (Å²) in [6, 6.07) is 20.2. The van der Waals surface area contributed by atoms with E-state index in [0.717, 1.165) is 39.7 Å². The molecule has 0 spiro atoms. The molecule has 0 N–H and O–H groups in total. The second-order valence-corrected chi connectivity index (χ2v) is 6.92. The summed E-state index contributed by atoms with van der Waals surface area (Å²) < 4.78 is 1.91. The molecule has 4 aromatic rings. The highest BCUT2D eigenvalue weighted by Crippen LogP contribution is 2.24. The number of hydrogen-bond donors (Lipinski definition) is 0. The van der Waals surface area contributed by atoms with Crippen LogP contribution in [-0.4, -0.2) is 39.1 Å². The van der Waals surface area contributed by atoms with E-state index in [2.05, 4.69) is 27.3 Å². The minimum absolute atomic E-state index is 0.652. The van der Waals surface area contributed by atoms with E-state index in [9.17, 15) is 0 Å². The van der Waals surface area contributed by atoms with Gasteiger partial charge in [0.15, 0.2) is 5.82 Å². The van der Waals surface area contributed by atoms with Gasteiger partial charge in [0.25, 0.3) is 0 Å². The molecule has 0 atom stereocenters. The molecule has 140 valence electrons. The number of hydrogen-bond acceptors (Lipinski definition) is 5. The fraction of sp³-hybridized carbons (Fsp3) is 0.182.